The first-order valence-corrected chi connectivity index (χ1v) is 18.0. The Morgan fingerprint density at radius 3 is 1.17 bits per heavy atom. The Hall–Kier alpha value is -4.46. The lowest BCUT2D eigenvalue weighted by molar-refractivity contribution is 0.1000. The van der Waals surface area contributed by atoms with E-state index in [9.17, 15) is 9.59 Å². The predicted octanol–water partition coefficient (Wildman–Crippen LogP) is 14.6. The fraction of sp³-hybridized carbons (Fsp3) is 0.190. The number of rotatable bonds is 5. The van der Waals surface area contributed by atoms with Crippen molar-refractivity contribution in [1.29, 1.82) is 0 Å². The molecule has 6 nitrogen and oxygen atoms in total. The molecule has 0 bridgehead atoms. The normalized spacial score (nSPS) is 16.5. The van der Waals surface area contributed by atoms with Gasteiger partial charge in [-0.1, -0.05) is 136 Å². The average Bonchev–Trinajstić information content (AvgIpc) is 3.08. The highest BCUT2D eigenvalue weighted by Crippen LogP contribution is 2.44. The van der Waals surface area contributed by atoms with Gasteiger partial charge in [-0.3, -0.25) is 9.59 Å². The Morgan fingerprint density at radius 1 is 0.481 bits per heavy atom. The molecule has 52 heavy (non-hydrogen) atoms. The Kier molecular flexibility index (Phi) is 10.4. The van der Waals surface area contributed by atoms with Crippen molar-refractivity contribution in [2.24, 2.45) is 31.3 Å². The third-order valence-corrected chi connectivity index (χ3v) is 9.99. The number of carbonyl (C=O) groups is 2. The van der Waals surface area contributed by atoms with Gasteiger partial charge in [-0.25, -0.2) is 0 Å². The summed E-state index contributed by atoms with van der Waals surface area (Å²) in [4.78, 5) is 26.3. The van der Waals surface area contributed by atoms with Gasteiger partial charge in [0, 0.05) is 44.5 Å². The van der Waals surface area contributed by atoms with Crippen LogP contribution in [-0.4, -0.2) is 11.6 Å². The molecule has 0 N–H and O–H groups in total. The van der Waals surface area contributed by atoms with Crippen LogP contribution < -0.4 is 0 Å². The van der Waals surface area contributed by atoms with Crippen molar-refractivity contribution >= 4 is 80.5 Å². The van der Waals surface area contributed by atoms with Gasteiger partial charge in [0.15, 0.2) is 11.6 Å². The summed E-state index contributed by atoms with van der Waals surface area (Å²) in [5.74, 6) is 0.0116. The van der Waals surface area contributed by atoms with Gasteiger partial charge in [-0.05, 0) is 58.4 Å². The zero-order valence-corrected chi connectivity index (χ0v) is 32.4. The molecule has 0 saturated carbocycles. The monoisotopic (exact) mass is 766 g/mol. The van der Waals surface area contributed by atoms with Crippen LogP contribution in [-0.2, 0) is 0 Å². The van der Waals surface area contributed by atoms with E-state index in [1.165, 1.54) is 0 Å². The molecule has 0 aliphatic heterocycles. The lowest BCUT2D eigenvalue weighted by atomic mass is 9.76. The van der Waals surface area contributed by atoms with Gasteiger partial charge in [0.25, 0.3) is 0 Å². The highest BCUT2D eigenvalue weighted by atomic mass is 35.5. The van der Waals surface area contributed by atoms with E-state index in [1.54, 1.807) is 36.7 Å². The van der Waals surface area contributed by atoms with E-state index in [4.69, 9.17) is 46.4 Å². The number of halogens is 4. The van der Waals surface area contributed by atoms with E-state index in [1.807, 2.05) is 102 Å². The maximum absolute atomic E-state index is 13.2. The number of carbonyl (C=O) groups excluding carboxylic acids is 2. The molecule has 4 aromatic rings. The minimum atomic E-state index is -0.352. The van der Waals surface area contributed by atoms with E-state index < -0.39 is 0 Å². The van der Waals surface area contributed by atoms with Gasteiger partial charge in [-0.15, -0.1) is 10.2 Å². The molecular formula is C42H34Cl4N4O2. The Morgan fingerprint density at radius 2 is 0.827 bits per heavy atom. The first-order valence-electron chi connectivity index (χ1n) is 16.5. The van der Waals surface area contributed by atoms with Crippen LogP contribution in [0.1, 0.15) is 73.4 Å². The van der Waals surface area contributed by atoms with E-state index in [0.29, 0.717) is 64.9 Å². The minimum absolute atomic E-state index is 0.00581. The molecule has 0 aromatic heterocycles. The van der Waals surface area contributed by atoms with Crippen LogP contribution in [0.15, 0.2) is 129 Å². The van der Waals surface area contributed by atoms with E-state index in [2.05, 4.69) is 20.5 Å². The molecule has 0 amide bonds. The van der Waals surface area contributed by atoms with Crippen LogP contribution in [0.3, 0.4) is 0 Å². The molecular weight excluding hydrogens is 734 g/mol. The predicted molar refractivity (Wildman–Crippen MR) is 214 cm³/mol. The van der Waals surface area contributed by atoms with Crippen LogP contribution in [0, 0.1) is 10.8 Å². The molecule has 0 spiro atoms. The van der Waals surface area contributed by atoms with Crippen molar-refractivity contribution < 1.29 is 9.59 Å². The minimum Gasteiger partial charge on any atom is -0.289 e. The summed E-state index contributed by atoms with van der Waals surface area (Å²) in [7, 11) is 0. The molecule has 262 valence electrons. The molecule has 0 fully saturated rings. The molecule has 4 aromatic carbocycles. The first-order chi connectivity index (χ1) is 24.5. The number of benzene rings is 4. The highest BCUT2D eigenvalue weighted by Gasteiger charge is 2.31. The Balaban J connectivity index is 1.27. The summed E-state index contributed by atoms with van der Waals surface area (Å²) in [6.45, 7) is 12.0. The van der Waals surface area contributed by atoms with E-state index in [-0.39, 0.29) is 22.4 Å². The zero-order chi connectivity index (χ0) is 37.5. The van der Waals surface area contributed by atoms with Gasteiger partial charge in [-0.2, -0.15) is 10.2 Å². The van der Waals surface area contributed by atoms with Crippen molar-refractivity contribution in [1.82, 2.24) is 0 Å². The molecule has 0 radical (unpaired) electrons. The van der Waals surface area contributed by atoms with Crippen LogP contribution in [0.25, 0.3) is 22.3 Å². The molecule has 2 aliphatic carbocycles. The summed E-state index contributed by atoms with van der Waals surface area (Å²) >= 11 is 26.8. The SMILES string of the molecule is CC(C)(C)C1=C/C(=C/N=Nc2cc(Cl)c(-c3cc(Cl)c(N=N/C=C4/C=C(C(C)(C)C)C(=O)c5ccccc54)cc3Cl)cc2Cl)c2ccccc2C1=O. The first kappa shape index (κ1) is 37.3. The number of fused-ring (bicyclic) bond motifs is 2. The van der Waals surface area contributed by atoms with Gasteiger partial charge in [0.1, 0.15) is 11.4 Å². The third kappa shape index (κ3) is 7.53. The summed E-state index contributed by atoms with van der Waals surface area (Å²) in [5.41, 5.74) is 6.82. The topological polar surface area (TPSA) is 83.6 Å². The van der Waals surface area contributed by atoms with Gasteiger partial charge in [0.2, 0.25) is 0 Å². The molecule has 0 saturated heterocycles. The van der Waals surface area contributed by atoms with Crippen molar-refractivity contribution in [2.75, 3.05) is 0 Å². The number of nitrogens with zero attached hydrogens (tertiary/aromatic N) is 4. The van der Waals surface area contributed by atoms with Gasteiger partial charge >= 0.3 is 0 Å². The van der Waals surface area contributed by atoms with E-state index in [0.717, 1.165) is 22.3 Å². The summed E-state index contributed by atoms with van der Waals surface area (Å²) in [6.07, 6.45) is 6.96. The lowest BCUT2D eigenvalue weighted by Crippen LogP contribution is -2.22. The molecule has 6 rings (SSSR count). The molecule has 0 heterocycles. The van der Waals surface area contributed by atoms with Crippen molar-refractivity contribution in [3.63, 3.8) is 0 Å². The third-order valence-electron chi connectivity index (χ3n) is 8.76. The number of hydrogen-bond acceptors (Lipinski definition) is 6. The Labute approximate surface area is 323 Å². The average molecular weight is 769 g/mol. The summed E-state index contributed by atoms with van der Waals surface area (Å²) in [6, 6.07) is 21.4. The summed E-state index contributed by atoms with van der Waals surface area (Å²) in [5, 5.41) is 18.6. The van der Waals surface area contributed by atoms with Crippen molar-refractivity contribution in [2.45, 2.75) is 41.5 Å². The fourth-order valence-corrected chi connectivity index (χ4v) is 6.95. The molecule has 10 heteroatoms. The second kappa shape index (κ2) is 14.5. The van der Waals surface area contributed by atoms with Crippen LogP contribution in [0.5, 0.6) is 0 Å². The van der Waals surface area contributed by atoms with Crippen LogP contribution >= 0.6 is 46.4 Å². The quantitative estimate of drug-likeness (QED) is 0.189. The van der Waals surface area contributed by atoms with Crippen LogP contribution in [0.4, 0.5) is 11.4 Å². The lowest BCUT2D eigenvalue weighted by Gasteiger charge is -2.27. The molecule has 0 atom stereocenters. The van der Waals surface area contributed by atoms with Gasteiger partial charge in [0.05, 0.1) is 32.5 Å². The largest absolute Gasteiger partial charge is 0.289 e. The Bertz CT molecular complexity index is 2190. The van der Waals surface area contributed by atoms with Crippen molar-refractivity contribution in [3.05, 3.63) is 151 Å². The zero-order valence-electron chi connectivity index (χ0n) is 29.4. The molecule has 2 aliphatic rings. The summed E-state index contributed by atoms with van der Waals surface area (Å²) < 4.78 is 0. The smallest absolute Gasteiger partial charge is 0.190 e. The maximum atomic E-state index is 13.2. The maximum Gasteiger partial charge on any atom is 0.190 e. The number of Topliss-reactive ketones (excluding diaryl/α,β-unsaturated/α-hetero) is 2. The molecule has 0 unspecified atom stereocenters. The number of azo groups is 2. The number of ketones is 2. The highest BCUT2D eigenvalue weighted by molar-refractivity contribution is 6.40. The van der Waals surface area contributed by atoms with Crippen LogP contribution in [0.2, 0.25) is 20.1 Å². The van der Waals surface area contributed by atoms with Gasteiger partial charge < -0.3 is 0 Å². The van der Waals surface area contributed by atoms with E-state index >= 15 is 0 Å². The van der Waals surface area contributed by atoms with Crippen molar-refractivity contribution in [3.8, 4) is 11.1 Å². The number of allylic oxidation sites excluding steroid dienone is 6. The second-order valence-corrected chi connectivity index (χ2v) is 16.2. The fourth-order valence-electron chi connectivity index (χ4n) is 6.03. The second-order valence-electron chi connectivity index (χ2n) is 14.5. The standard InChI is InChI=1S/C42H34Cl4N4O2/c1-41(2,3)31-15-23(25-11-7-9-13-27(25)39(31)51)21-47-49-37-19-33(43)29(17-35(37)45)30-18-36(46)38(20-34(30)44)50-48-22-24-16-32(42(4,5)6)40(52)28-14-10-8-12-26(24)28/h7-22H,1-6H3/b23-21-,24-22-,49-47?,50-48?. The number of hydrogen-bond donors (Lipinski definition) is 0.